The minimum Gasteiger partial charge on any atom is -0.497 e. The van der Waals surface area contributed by atoms with Crippen LogP contribution >= 0.6 is 0 Å². The summed E-state index contributed by atoms with van der Waals surface area (Å²) in [6.45, 7) is -0.195. The van der Waals surface area contributed by atoms with Gasteiger partial charge in [-0.2, -0.15) is 0 Å². The zero-order chi connectivity index (χ0) is 20.9. The highest BCUT2D eigenvalue weighted by molar-refractivity contribution is 6.17. The van der Waals surface area contributed by atoms with Crippen LogP contribution in [0.25, 0.3) is 11.0 Å². The number of rotatable bonds is 7. The molecule has 6 nitrogen and oxygen atoms in total. The molecule has 0 saturated heterocycles. The van der Waals surface area contributed by atoms with Gasteiger partial charge in [0.2, 0.25) is 5.78 Å². The highest BCUT2D eigenvalue weighted by Gasteiger charge is 2.23. The van der Waals surface area contributed by atoms with Gasteiger partial charge in [-0.1, -0.05) is 30.3 Å². The van der Waals surface area contributed by atoms with E-state index in [2.05, 4.69) is 5.32 Å². The number of ether oxygens (including phenoxy) is 2. The summed E-state index contributed by atoms with van der Waals surface area (Å²) >= 11 is 0. The molecular weight excluding hydrogens is 382 g/mol. The lowest BCUT2D eigenvalue weighted by Crippen LogP contribution is -2.21. The smallest absolute Gasteiger partial charge is 0.262 e. The molecule has 1 heterocycles. The molecule has 1 aromatic heterocycles. The number of hydrogen-bond acceptors (Lipinski definition) is 5. The van der Waals surface area contributed by atoms with Gasteiger partial charge >= 0.3 is 0 Å². The van der Waals surface area contributed by atoms with Crippen LogP contribution in [0.1, 0.15) is 16.1 Å². The Morgan fingerprint density at radius 3 is 2.30 bits per heavy atom. The van der Waals surface area contributed by atoms with E-state index in [1.54, 1.807) is 61.7 Å². The van der Waals surface area contributed by atoms with Gasteiger partial charge in [-0.25, -0.2) is 0 Å². The number of fused-ring (bicyclic) bond motifs is 1. The first-order chi connectivity index (χ1) is 14.7. The van der Waals surface area contributed by atoms with Crippen LogP contribution in [0.2, 0.25) is 0 Å². The predicted octanol–water partition coefficient (Wildman–Crippen LogP) is 4.69. The van der Waals surface area contributed by atoms with E-state index < -0.39 is 5.91 Å². The summed E-state index contributed by atoms with van der Waals surface area (Å²) in [5.74, 6) is 0.554. The molecule has 4 rings (SSSR count). The van der Waals surface area contributed by atoms with Crippen LogP contribution in [-0.2, 0) is 4.79 Å². The van der Waals surface area contributed by atoms with Crippen molar-refractivity contribution >= 4 is 28.3 Å². The van der Waals surface area contributed by atoms with Gasteiger partial charge in [0.15, 0.2) is 12.4 Å². The second kappa shape index (κ2) is 8.53. The van der Waals surface area contributed by atoms with Crippen molar-refractivity contribution in [1.82, 2.24) is 0 Å². The van der Waals surface area contributed by atoms with Gasteiger partial charge in [0.1, 0.15) is 17.1 Å². The van der Waals surface area contributed by atoms with E-state index in [0.717, 1.165) is 0 Å². The van der Waals surface area contributed by atoms with E-state index >= 15 is 0 Å². The Balaban J connectivity index is 1.61. The molecule has 0 aliphatic rings. The van der Waals surface area contributed by atoms with Crippen molar-refractivity contribution in [3.63, 3.8) is 0 Å². The van der Waals surface area contributed by atoms with Crippen molar-refractivity contribution in [3.05, 3.63) is 90.2 Å². The van der Waals surface area contributed by atoms with Crippen LogP contribution in [0, 0.1) is 0 Å². The normalized spacial score (nSPS) is 10.6. The van der Waals surface area contributed by atoms with Gasteiger partial charge in [-0.15, -0.1) is 0 Å². The van der Waals surface area contributed by atoms with Crippen LogP contribution in [0.4, 0.5) is 5.69 Å². The molecule has 0 spiro atoms. The third-order valence-corrected chi connectivity index (χ3v) is 4.53. The van der Waals surface area contributed by atoms with E-state index in [9.17, 15) is 9.59 Å². The zero-order valence-corrected chi connectivity index (χ0v) is 16.3. The molecule has 0 aliphatic heterocycles. The molecule has 1 N–H and O–H groups in total. The van der Waals surface area contributed by atoms with Crippen LogP contribution < -0.4 is 14.8 Å². The summed E-state index contributed by atoms with van der Waals surface area (Å²) in [4.78, 5) is 25.6. The second-order valence-corrected chi connectivity index (χ2v) is 6.51. The molecule has 0 bridgehead atoms. The van der Waals surface area contributed by atoms with Crippen molar-refractivity contribution in [2.24, 2.45) is 0 Å². The fraction of sp³-hybridized carbons (Fsp3) is 0.0833. The first-order valence-corrected chi connectivity index (χ1v) is 9.33. The van der Waals surface area contributed by atoms with E-state index in [0.29, 0.717) is 33.7 Å². The van der Waals surface area contributed by atoms with Gasteiger partial charge in [-0.05, 0) is 48.5 Å². The number of hydrogen-bond donors (Lipinski definition) is 1. The Bertz CT molecular complexity index is 1180. The van der Waals surface area contributed by atoms with Gasteiger partial charge in [-0.3, -0.25) is 9.59 Å². The maximum atomic E-state index is 13.1. The minimum absolute atomic E-state index is 0.0643. The molecule has 3 aromatic carbocycles. The Labute approximate surface area is 173 Å². The monoisotopic (exact) mass is 401 g/mol. The number of benzene rings is 3. The first-order valence-electron chi connectivity index (χ1n) is 9.33. The standard InChI is InChI=1S/C24H19NO5/c1-28-17-13-11-16(12-14-17)23(27)24-22(19-9-5-6-10-20(19)30-24)25-21(26)15-29-18-7-3-2-4-8-18/h2-14H,15H2,1H3,(H,25,26). The number of carbonyl (C=O) groups is 2. The molecule has 1 amide bonds. The molecule has 6 heteroatoms. The van der Waals surface area contributed by atoms with Crippen molar-refractivity contribution in [1.29, 1.82) is 0 Å². The minimum atomic E-state index is -0.394. The van der Waals surface area contributed by atoms with Gasteiger partial charge in [0.05, 0.1) is 12.8 Å². The number of furan rings is 1. The lowest BCUT2D eigenvalue weighted by molar-refractivity contribution is -0.118. The Morgan fingerprint density at radius 2 is 1.57 bits per heavy atom. The maximum Gasteiger partial charge on any atom is 0.262 e. The number of amides is 1. The summed E-state index contributed by atoms with van der Waals surface area (Å²) in [5, 5.41) is 3.41. The lowest BCUT2D eigenvalue weighted by atomic mass is 10.1. The Morgan fingerprint density at radius 1 is 0.867 bits per heavy atom. The number of ketones is 1. The SMILES string of the molecule is COc1ccc(C(=O)c2oc3ccccc3c2NC(=O)COc2ccccc2)cc1. The molecule has 30 heavy (non-hydrogen) atoms. The largest absolute Gasteiger partial charge is 0.497 e. The molecule has 0 saturated carbocycles. The molecule has 150 valence electrons. The van der Waals surface area contributed by atoms with E-state index in [1.807, 2.05) is 24.3 Å². The van der Waals surface area contributed by atoms with Gasteiger partial charge in [0, 0.05) is 10.9 Å². The first kappa shape index (κ1) is 19.3. The third kappa shape index (κ3) is 4.03. The summed E-state index contributed by atoms with van der Waals surface area (Å²) < 4.78 is 16.4. The van der Waals surface area contributed by atoms with E-state index in [1.165, 1.54) is 0 Å². The fourth-order valence-electron chi connectivity index (χ4n) is 3.04. The highest BCUT2D eigenvalue weighted by Crippen LogP contribution is 2.32. The number of anilines is 1. The summed E-state index contributed by atoms with van der Waals surface area (Å²) in [6.07, 6.45) is 0. The molecule has 0 radical (unpaired) electrons. The number of carbonyl (C=O) groups excluding carboxylic acids is 2. The predicted molar refractivity (Wildman–Crippen MR) is 113 cm³/mol. The summed E-state index contributed by atoms with van der Waals surface area (Å²) in [7, 11) is 1.56. The topological polar surface area (TPSA) is 77.8 Å². The quantitative estimate of drug-likeness (QED) is 0.455. The summed E-state index contributed by atoms with van der Waals surface area (Å²) in [5.41, 5.74) is 1.26. The van der Waals surface area contributed by atoms with Crippen molar-refractivity contribution in [3.8, 4) is 11.5 Å². The van der Waals surface area contributed by atoms with Crippen LogP contribution in [0.3, 0.4) is 0 Å². The highest BCUT2D eigenvalue weighted by atomic mass is 16.5. The third-order valence-electron chi connectivity index (χ3n) is 4.53. The van der Waals surface area contributed by atoms with Crippen LogP contribution in [-0.4, -0.2) is 25.4 Å². The molecule has 0 atom stereocenters. The fourth-order valence-corrected chi connectivity index (χ4v) is 3.04. The lowest BCUT2D eigenvalue weighted by Gasteiger charge is -2.08. The van der Waals surface area contributed by atoms with Crippen molar-refractivity contribution in [2.45, 2.75) is 0 Å². The molecule has 0 aliphatic carbocycles. The average molecular weight is 401 g/mol. The summed E-state index contributed by atoms with van der Waals surface area (Å²) in [6, 6.07) is 22.9. The molecular formula is C24H19NO5. The van der Waals surface area contributed by atoms with E-state index in [4.69, 9.17) is 13.9 Å². The van der Waals surface area contributed by atoms with Gasteiger partial charge in [0.25, 0.3) is 5.91 Å². The van der Waals surface area contributed by atoms with E-state index in [-0.39, 0.29) is 18.2 Å². The second-order valence-electron chi connectivity index (χ2n) is 6.51. The van der Waals surface area contributed by atoms with Crippen LogP contribution in [0.15, 0.2) is 83.3 Å². The number of methoxy groups -OCH3 is 1. The van der Waals surface area contributed by atoms with Gasteiger partial charge < -0.3 is 19.2 Å². The Kier molecular flexibility index (Phi) is 5.48. The molecule has 0 fully saturated rings. The molecule has 0 unspecified atom stereocenters. The Hall–Kier alpha value is -4.06. The number of para-hydroxylation sites is 2. The number of nitrogens with one attached hydrogen (secondary N) is 1. The maximum absolute atomic E-state index is 13.1. The average Bonchev–Trinajstić information content (AvgIpc) is 3.16. The molecule has 4 aromatic rings. The van der Waals surface area contributed by atoms with Crippen LogP contribution in [0.5, 0.6) is 11.5 Å². The van der Waals surface area contributed by atoms with Crippen molar-refractivity contribution < 1.29 is 23.5 Å². The zero-order valence-electron chi connectivity index (χ0n) is 16.3. The van der Waals surface area contributed by atoms with Crippen molar-refractivity contribution in [2.75, 3.05) is 19.0 Å².